The number of carbonyl (C=O) groups excluding carboxylic acids is 2. The molecule has 0 radical (unpaired) electrons. The third kappa shape index (κ3) is 6.05. The van der Waals surface area contributed by atoms with E-state index in [2.05, 4.69) is 24.5 Å². The van der Waals surface area contributed by atoms with Crippen LogP contribution in [-0.4, -0.2) is 48.9 Å². The normalized spacial score (nSPS) is 15.6. The van der Waals surface area contributed by atoms with Crippen molar-refractivity contribution in [3.8, 4) is 0 Å². The predicted molar refractivity (Wildman–Crippen MR) is 75.8 cm³/mol. The molecule has 1 fully saturated rings. The van der Waals surface area contributed by atoms with Gasteiger partial charge in [0.25, 0.3) is 0 Å². The summed E-state index contributed by atoms with van der Waals surface area (Å²) in [5.41, 5.74) is 0. The van der Waals surface area contributed by atoms with E-state index in [1.54, 1.807) is 0 Å². The quantitative estimate of drug-likeness (QED) is 0.721. The summed E-state index contributed by atoms with van der Waals surface area (Å²) >= 11 is 0. The predicted octanol–water partition coefficient (Wildman–Crippen LogP) is 0.893. The topological polar surface area (TPSA) is 61.4 Å². The number of piperidine rings is 1. The van der Waals surface area contributed by atoms with Crippen LogP contribution >= 0.6 is 0 Å². The van der Waals surface area contributed by atoms with Crippen LogP contribution in [0.25, 0.3) is 0 Å². The average molecular weight is 269 g/mol. The van der Waals surface area contributed by atoms with Crippen LogP contribution in [0.2, 0.25) is 0 Å². The van der Waals surface area contributed by atoms with Gasteiger partial charge in [-0.15, -0.1) is 0 Å². The Labute approximate surface area is 116 Å². The summed E-state index contributed by atoms with van der Waals surface area (Å²) in [6.45, 7) is 6.32. The Hall–Kier alpha value is -1.10. The molecular weight excluding hydrogens is 242 g/mol. The number of nitrogens with zero attached hydrogens (tertiary/aromatic N) is 1. The average Bonchev–Trinajstić information content (AvgIpc) is 2.45. The fourth-order valence-corrected chi connectivity index (χ4v) is 2.31. The van der Waals surface area contributed by atoms with Gasteiger partial charge < -0.3 is 10.2 Å². The van der Waals surface area contributed by atoms with E-state index in [1.165, 1.54) is 6.42 Å². The highest BCUT2D eigenvalue weighted by atomic mass is 16.2. The summed E-state index contributed by atoms with van der Waals surface area (Å²) in [6.07, 6.45) is 5.29. The Morgan fingerprint density at radius 3 is 2.26 bits per heavy atom. The van der Waals surface area contributed by atoms with Gasteiger partial charge in [-0.3, -0.25) is 14.9 Å². The maximum atomic E-state index is 11.8. The van der Waals surface area contributed by atoms with E-state index >= 15 is 0 Å². The van der Waals surface area contributed by atoms with E-state index in [0.29, 0.717) is 0 Å². The zero-order chi connectivity index (χ0) is 14.1. The molecule has 0 aromatic rings. The molecule has 2 N–H and O–H groups in total. The Kier molecular flexibility index (Phi) is 7.48. The van der Waals surface area contributed by atoms with Crippen molar-refractivity contribution >= 4 is 11.8 Å². The van der Waals surface area contributed by atoms with Crippen LogP contribution in [0.1, 0.15) is 46.0 Å². The minimum atomic E-state index is -0.0276. The highest BCUT2D eigenvalue weighted by Gasteiger charge is 2.16. The van der Waals surface area contributed by atoms with Gasteiger partial charge in [0.2, 0.25) is 11.8 Å². The highest BCUT2D eigenvalue weighted by Crippen LogP contribution is 2.08. The molecule has 2 amide bonds. The van der Waals surface area contributed by atoms with E-state index < -0.39 is 0 Å². The Bertz CT molecular complexity index is 284. The van der Waals surface area contributed by atoms with Crippen LogP contribution < -0.4 is 10.6 Å². The van der Waals surface area contributed by atoms with Crippen molar-refractivity contribution < 1.29 is 9.59 Å². The Morgan fingerprint density at radius 2 is 1.68 bits per heavy atom. The maximum Gasteiger partial charge on any atom is 0.236 e. The minimum absolute atomic E-state index is 0.0276. The minimum Gasteiger partial charge on any atom is -0.352 e. The maximum absolute atomic E-state index is 11.8. The Morgan fingerprint density at radius 1 is 1.05 bits per heavy atom. The number of amides is 2. The van der Waals surface area contributed by atoms with Crippen molar-refractivity contribution in [2.45, 2.75) is 52.0 Å². The molecule has 0 unspecified atom stereocenters. The molecule has 19 heavy (non-hydrogen) atoms. The number of hydrogen-bond acceptors (Lipinski definition) is 3. The lowest BCUT2D eigenvalue weighted by Gasteiger charge is -2.26. The van der Waals surface area contributed by atoms with E-state index in [9.17, 15) is 9.59 Å². The Balaban J connectivity index is 2.15. The first-order valence-electron chi connectivity index (χ1n) is 7.45. The molecule has 110 valence electrons. The summed E-state index contributed by atoms with van der Waals surface area (Å²) in [7, 11) is 0. The van der Waals surface area contributed by atoms with Crippen molar-refractivity contribution in [2.75, 3.05) is 26.2 Å². The second-order valence-electron chi connectivity index (χ2n) is 5.13. The van der Waals surface area contributed by atoms with E-state index in [0.717, 1.165) is 38.8 Å². The first kappa shape index (κ1) is 16.0. The lowest BCUT2D eigenvalue weighted by Crippen LogP contribution is -2.45. The number of hydrogen-bond donors (Lipinski definition) is 2. The summed E-state index contributed by atoms with van der Waals surface area (Å²) in [6, 6.07) is 0.243. The van der Waals surface area contributed by atoms with Crippen LogP contribution in [0.5, 0.6) is 0 Å². The van der Waals surface area contributed by atoms with Crippen LogP contribution in [0.4, 0.5) is 0 Å². The van der Waals surface area contributed by atoms with Gasteiger partial charge in [-0.05, 0) is 32.1 Å². The summed E-state index contributed by atoms with van der Waals surface area (Å²) in [4.78, 5) is 25.4. The van der Waals surface area contributed by atoms with Gasteiger partial charge in [0.15, 0.2) is 0 Å². The molecule has 5 nitrogen and oxygen atoms in total. The molecule has 1 aliphatic heterocycles. The lowest BCUT2D eigenvalue weighted by molar-refractivity contribution is -0.131. The van der Waals surface area contributed by atoms with Crippen LogP contribution in [0.15, 0.2) is 0 Å². The summed E-state index contributed by atoms with van der Waals surface area (Å²) in [5, 5.41) is 5.88. The zero-order valence-corrected chi connectivity index (χ0v) is 12.2. The molecule has 1 saturated heterocycles. The number of likely N-dealkylation sites (tertiary alicyclic amines) is 1. The van der Waals surface area contributed by atoms with Gasteiger partial charge in [0.1, 0.15) is 0 Å². The molecular formula is C14H27N3O2. The SMILES string of the molecule is CCC(CC)NC(=O)CNCC(=O)N1CCCCC1. The molecule has 5 heteroatoms. The molecule has 1 aliphatic rings. The summed E-state index contributed by atoms with van der Waals surface area (Å²) in [5.74, 6) is 0.0789. The van der Waals surface area contributed by atoms with Crippen LogP contribution in [0, 0.1) is 0 Å². The first-order valence-corrected chi connectivity index (χ1v) is 7.45. The second-order valence-corrected chi connectivity index (χ2v) is 5.13. The van der Waals surface area contributed by atoms with Gasteiger partial charge in [0.05, 0.1) is 13.1 Å². The van der Waals surface area contributed by atoms with Gasteiger partial charge in [-0.25, -0.2) is 0 Å². The van der Waals surface area contributed by atoms with E-state index in [1.807, 2.05) is 4.90 Å². The molecule has 0 spiro atoms. The van der Waals surface area contributed by atoms with Crippen molar-refractivity contribution in [3.05, 3.63) is 0 Å². The smallest absolute Gasteiger partial charge is 0.236 e. The fourth-order valence-electron chi connectivity index (χ4n) is 2.31. The van der Waals surface area contributed by atoms with Crippen LogP contribution in [0.3, 0.4) is 0 Å². The molecule has 1 rings (SSSR count). The van der Waals surface area contributed by atoms with Crippen molar-refractivity contribution in [1.29, 1.82) is 0 Å². The fraction of sp³-hybridized carbons (Fsp3) is 0.857. The molecule has 0 bridgehead atoms. The molecule has 0 aromatic heterocycles. The van der Waals surface area contributed by atoms with Crippen molar-refractivity contribution in [2.24, 2.45) is 0 Å². The lowest BCUT2D eigenvalue weighted by atomic mass is 10.1. The largest absolute Gasteiger partial charge is 0.352 e. The molecule has 0 saturated carbocycles. The second kappa shape index (κ2) is 8.91. The number of rotatable bonds is 7. The van der Waals surface area contributed by atoms with Gasteiger partial charge in [-0.2, -0.15) is 0 Å². The number of nitrogens with one attached hydrogen (secondary N) is 2. The molecule has 0 aliphatic carbocycles. The van der Waals surface area contributed by atoms with E-state index in [4.69, 9.17) is 0 Å². The zero-order valence-electron chi connectivity index (χ0n) is 12.2. The third-order valence-corrected chi connectivity index (χ3v) is 3.62. The highest BCUT2D eigenvalue weighted by molar-refractivity contribution is 5.81. The first-order chi connectivity index (χ1) is 9.17. The molecule has 1 heterocycles. The van der Waals surface area contributed by atoms with Gasteiger partial charge in [-0.1, -0.05) is 13.8 Å². The number of carbonyl (C=O) groups is 2. The van der Waals surface area contributed by atoms with Crippen molar-refractivity contribution in [1.82, 2.24) is 15.5 Å². The summed E-state index contributed by atoms with van der Waals surface area (Å²) < 4.78 is 0. The molecule has 0 aromatic carbocycles. The van der Waals surface area contributed by atoms with E-state index in [-0.39, 0.29) is 30.9 Å². The van der Waals surface area contributed by atoms with Gasteiger partial charge >= 0.3 is 0 Å². The van der Waals surface area contributed by atoms with Gasteiger partial charge in [0, 0.05) is 19.1 Å². The third-order valence-electron chi connectivity index (χ3n) is 3.62. The standard InChI is InChI=1S/C14H27N3O2/c1-3-12(4-2)16-13(18)10-15-11-14(19)17-8-6-5-7-9-17/h12,15H,3-11H2,1-2H3,(H,16,18). The van der Waals surface area contributed by atoms with Crippen molar-refractivity contribution in [3.63, 3.8) is 0 Å². The van der Waals surface area contributed by atoms with Crippen LogP contribution in [-0.2, 0) is 9.59 Å². The molecule has 0 atom stereocenters. The monoisotopic (exact) mass is 269 g/mol.